The lowest BCUT2D eigenvalue weighted by Crippen LogP contribution is -2.24. The number of ether oxygens (including phenoxy) is 1. The van der Waals surface area contributed by atoms with E-state index in [2.05, 4.69) is 22.7 Å². The van der Waals surface area contributed by atoms with E-state index in [-0.39, 0.29) is 18.3 Å². The highest BCUT2D eigenvalue weighted by Gasteiger charge is 2.18. The lowest BCUT2D eigenvalue weighted by Gasteiger charge is -2.10. The van der Waals surface area contributed by atoms with Gasteiger partial charge in [-0.25, -0.2) is 9.82 Å². The maximum atomic E-state index is 13.2. The molecule has 0 bridgehead atoms. The summed E-state index contributed by atoms with van der Waals surface area (Å²) in [5.41, 5.74) is 7.45. The van der Waals surface area contributed by atoms with Gasteiger partial charge in [0, 0.05) is 34.1 Å². The molecule has 2 heterocycles. The van der Waals surface area contributed by atoms with E-state index < -0.39 is 0 Å². The van der Waals surface area contributed by atoms with Gasteiger partial charge in [-0.2, -0.15) is 5.10 Å². The predicted octanol–water partition coefficient (Wildman–Crippen LogP) is 5.24. The van der Waals surface area contributed by atoms with Crippen LogP contribution in [0, 0.1) is 19.7 Å². The number of aryl methyl sites for hydroxylation is 1. The molecule has 2 aromatic carbocycles. The SMILES string of the molecule is Cc1cc(/C=N\NC(=O)COc2ccc(C3SCCS3)cc2)c(C)n1-c1ccc(F)cc1. The van der Waals surface area contributed by atoms with E-state index in [1.165, 1.54) is 29.2 Å². The van der Waals surface area contributed by atoms with Gasteiger partial charge in [0.25, 0.3) is 5.91 Å². The summed E-state index contributed by atoms with van der Waals surface area (Å²) in [6.45, 7) is 3.81. The Morgan fingerprint density at radius 2 is 1.84 bits per heavy atom. The van der Waals surface area contributed by atoms with Crippen LogP contribution >= 0.6 is 23.5 Å². The first-order valence-corrected chi connectivity index (χ1v) is 12.3. The van der Waals surface area contributed by atoms with Crippen molar-refractivity contribution in [2.45, 2.75) is 18.4 Å². The molecule has 0 radical (unpaired) electrons. The molecule has 0 unspecified atom stereocenters. The number of halogens is 1. The van der Waals surface area contributed by atoms with Crippen molar-refractivity contribution in [1.29, 1.82) is 0 Å². The molecule has 0 aliphatic carbocycles. The second-order valence-electron chi connectivity index (χ2n) is 7.36. The van der Waals surface area contributed by atoms with Crippen LogP contribution in [0.5, 0.6) is 5.75 Å². The summed E-state index contributed by atoms with van der Waals surface area (Å²) in [6, 6.07) is 16.2. The largest absolute Gasteiger partial charge is 0.484 e. The van der Waals surface area contributed by atoms with Crippen molar-refractivity contribution in [3.8, 4) is 11.4 Å². The van der Waals surface area contributed by atoms with Crippen LogP contribution in [0.4, 0.5) is 4.39 Å². The molecule has 32 heavy (non-hydrogen) atoms. The summed E-state index contributed by atoms with van der Waals surface area (Å²) in [6.07, 6.45) is 1.60. The molecule has 4 rings (SSSR count). The van der Waals surface area contributed by atoms with Crippen molar-refractivity contribution >= 4 is 35.6 Å². The summed E-state index contributed by atoms with van der Waals surface area (Å²) in [7, 11) is 0. The summed E-state index contributed by atoms with van der Waals surface area (Å²) >= 11 is 3.91. The highest BCUT2D eigenvalue weighted by molar-refractivity contribution is 8.19. The number of benzene rings is 2. The molecule has 166 valence electrons. The number of amides is 1. The Kier molecular flexibility index (Phi) is 7.22. The number of carbonyl (C=O) groups is 1. The van der Waals surface area contributed by atoms with Gasteiger partial charge >= 0.3 is 0 Å². The average molecular weight is 470 g/mol. The van der Waals surface area contributed by atoms with E-state index in [0.29, 0.717) is 10.3 Å². The van der Waals surface area contributed by atoms with Gasteiger partial charge in [0.1, 0.15) is 11.6 Å². The Balaban J connectivity index is 1.31. The molecule has 1 N–H and O–H groups in total. The molecule has 8 heteroatoms. The van der Waals surface area contributed by atoms with Gasteiger partial charge < -0.3 is 9.30 Å². The Bertz CT molecular complexity index is 1110. The van der Waals surface area contributed by atoms with Gasteiger partial charge in [0.15, 0.2) is 6.61 Å². The van der Waals surface area contributed by atoms with Gasteiger partial charge in [-0.15, -0.1) is 23.5 Å². The fourth-order valence-electron chi connectivity index (χ4n) is 3.53. The average Bonchev–Trinajstić information content (AvgIpc) is 3.42. The molecule has 5 nitrogen and oxygen atoms in total. The third kappa shape index (κ3) is 5.37. The van der Waals surface area contributed by atoms with Crippen LogP contribution in [0.3, 0.4) is 0 Å². The Morgan fingerprint density at radius 3 is 2.53 bits per heavy atom. The molecule has 0 atom stereocenters. The van der Waals surface area contributed by atoms with E-state index in [0.717, 1.165) is 22.6 Å². The lowest BCUT2D eigenvalue weighted by molar-refractivity contribution is -0.123. The summed E-state index contributed by atoms with van der Waals surface area (Å²) < 4.78 is 21.3. The van der Waals surface area contributed by atoms with Gasteiger partial charge in [-0.3, -0.25) is 4.79 Å². The Hall–Kier alpha value is -2.71. The number of hydrazone groups is 1. The normalized spacial score (nSPS) is 14.2. The minimum absolute atomic E-state index is 0.113. The number of rotatable bonds is 7. The second kappa shape index (κ2) is 10.3. The third-order valence-electron chi connectivity index (χ3n) is 5.09. The van der Waals surface area contributed by atoms with Crippen molar-refractivity contribution in [2.24, 2.45) is 5.10 Å². The number of nitrogens with one attached hydrogen (secondary N) is 1. The molecule has 1 aliphatic heterocycles. The van der Waals surface area contributed by atoms with Gasteiger partial charge in [0.05, 0.1) is 10.8 Å². The van der Waals surface area contributed by atoms with E-state index in [9.17, 15) is 9.18 Å². The van der Waals surface area contributed by atoms with Gasteiger partial charge in [0.2, 0.25) is 0 Å². The number of nitrogens with zero attached hydrogens (tertiary/aromatic N) is 2. The first kappa shape index (κ1) is 22.5. The molecular weight excluding hydrogens is 445 g/mol. The molecule has 1 amide bonds. The smallest absolute Gasteiger partial charge is 0.277 e. The van der Waals surface area contributed by atoms with Crippen LogP contribution in [0.25, 0.3) is 5.69 Å². The van der Waals surface area contributed by atoms with Crippen LogP contribution in [0.15, 0.2) is 59.7 Å². The number of hydrogen-bond donors (Lipinski definition) is 1. The monoisotopic (exact) mass is 469 g/mol. The minimum atomic E-state index is -0.334. The maximum Gasteiger partial charge on any atom is 0.277 e. The third-order valence-corrected chi connectivity index (χ3v) is 8.20. The Morgan fingerprint density at radius 1 is 1.16 bits per heavy atom. The summed E-state index contributed by atoms with van der Waals surface area (Å²) in [5.74, 6) is 2.42. The lowest BCUT2D eigenvalue weighted by atomic mass is 10.2. The molecule has 0 spiro atoms. The number of carbonyl (C=O) groups excluding carboxylic acids is 1. The van der Waals surface area contributed by atoms with Gasteiger partial charge in [-0.1, -0.05) is 12.1 Å². The van der Waals surface area contributed by atoms with E-state index in [4.69, 9.17) is 4.74 Å². The Labute approximate surface area is 195 Å². The quantitative estimate of drug-likeness (QED) is 0.380. The highest BCUT2D eigenvalue weighted by atomic mass is 32.2. The number of thioether (sulfide) groups is 2. The fourth-order valence-corrected chi connectivity index (χ4v) is 6.39. The molecule has 1 aromatic heterocycles. The molecule has 1 aliphatic rings. The first-order valence-electron chi connectivity index (χ1n) is 10.2. The second-order valence-corrected chi connectivity index (χ2v) is 10.1. The number of hydrogen-bond acceptors (Lipinski definition) is 5. The molecule has 0 saturated carbocycles. The zero-order valence-electron chi connectivity index (χ0n) is 17.9. The van der Waals surface area contributed by atoms with Crippen LogP contribution in [-0.2, 0) is 4.79 Å². The van der Waals surface area contributed by atoms with Gasteiger partial charge in [-0.05, 0) is 61.9 Å². The van der Waals surface area contributed by atoms with Crippen LogP contribution < -0.4 is 10.2 Å². The summed E-state index contributed by atoms with van der Waals surface area (Å²) in [4.78, 5) is 12.1. The van der Waals surface area contributed by atoms with Crippen molar-refractivity contribution in [1.82, 2.24) is 9.99 Å². The summed E-state index contributed by atoms with van der Waals surface area (Å²) in [5, 5.41) is 4.06. The molecule has 3 aromatic rings. The molecule has 1 saturated heterocycles. The zero-order chi connectivity index (χ0) is 22.5. The topological polar surface area (TPSA) is 55.6 Å². The standard InChI is InChI=1S/C24H24FN3O2S2/c1-16-13-19(17(2)28(16)21-7-5-20(25)6-8-21)14-26-27-23(29)15-30-22-9-3-18(4-10-22)24-31-11-12-32-24/h3-10,13-14,24H,11-12,15H2,1-2H3,(H,27,29)/b26-14-. The van der Waals surface area contributed by atoms with Crippen molar-refractivity contribution in [3.05, 3.63) is 82.9 Å². The van der Waals surface area contributed by atoms with Crippen LogP contribution in [0.1, 0.15) is 27.1 Å². The maximum absolute atomic E-state index is 13.2. The highest BCUT2D eigenvalue weighted by Crippen LogP contribution is 2.45. The van der Waals surface area contributed by atoms with Crippen molar-refractivity contribution in [2.75, 3.05) is 18.1 Å². The van der Waals surface area contributed by atoms with E-state index >= 15 is 0 Å². The van der Waals surface area contributed by atoms with Crippen molar-refractivity contribution < 1.29 is 13.9 Å². The minimum Gasteiger partial charge on any atom is -0.484 e. The predicted molar refractivity (Wildman–Crippen MR) is 131 cm³/mol. The van der Waals surface area contributed by atoms with Crippen LogP contribution in [0.2, 0.25) is 0 Å². The number of aromatic nitrogens is 1. The zero-order valence-corrected chi connectivity index (χ0v) is 19.5. The first-order chi connectivity index (χ1) is 15.5. The van der Waals surface area contributed by atoms with Crippen LogP contribution in [-0.4, -0.2) is 34.8 Å². The van der Waals surface area contributed by atoms with E-state index in [1.54, 1.807) is 18.3 Å². The van der Waals surface area contributed by atoms with Crippen molar-refractivity contribution in [3.63, 3.8) is 0 Å². The fraction of sp³-hybridized carbons (Fsp3) is 0.250. The molecular formula is C24H24FN3O2S2. The van der Waals surface area contributed by atoms with E-state index in [1.807, 2.05) is 60.1 Å². The molecule has 1 fully saturated rings.